The van der Waals surface area contributed by atoms with Crippen LogP contribution in [0.2, 0.25) is 0 Å². The molecule has 156 valence electrons. The maximum atomic E-state index is 13.1. The van der Waals surface area contributed by atoms with Gasteiger partial charge in [0.05, 0.1) is 15.4 Å². The first kappa shape index (κ1) is 21.2. The quantitative estimate of drug-likeness (QED) is 0.590. The Balaban J connectivity index is 1.75. The van der Waals surface area contributed by atoms with E-state index in [0.29, 0.717) is 25.2 Å². The van der Waals surface area contributed by atoms with Gasteiger partial charge < -0.3 is 10.0 Å². The summed E-state index contributed by atoms with van der Waals surface area (Å²) in [6.07, 6.45) is 0. The van der Waals surface area contributed by atoms with Gasteiger partial charge in [0.25, 0.3) is 5.69 Å². The van der Waals surface area contributed by atoms with Crippen LogP contribution in [0.4, 0.5) is 11.4 Å². The van der Waals surface area contributed by atoms with Crippen LogP contribution in [0, 0.1) is 10.1 Å². The van der Waals surface area contributed by atoms with E-state index >= 15 is 0 Å². The third-order valence-corrected chi connectivity index (χ3v) is 7.19. The number of nitrogens with zero attached hydrogens (tertiary/aromatic N) is 3. The number of hydrogen-bond acceptors (Lipinski definition) is 6. The average Bonchev–Trinajstić information content (AvgIpc) is 2.67. The van der Waals surface area contributed by atoms with Crippen LogP contribution in [0.3, 0.4) is 0 Å². The molecule has 2 aromatic carbocycles. The zero-order valence-electron chi connectivity index (χ0n) is 16.6. The highest BCUT2D eigenvalue weighted by atomic mass is 32.2. The molecule has 1 fully saturated rings. The summed E-state index contributed by atoms with van der Waals surface area (Å²) in [5.41, 5.74) is 0.463. The van der Waals surface area contributed by atoms with Crippen LogP contribution in [0.5, 0.6) is 0 Å². The Hall–Kier alpha value is -2.49. The highest BCUT2D eigenvalue weighted by Gasteiger charge is 2.34. The van der Waals surface area contributed by atoms with E-state index in [1.165, 1.54) is 28.6 Å². The molecule has 1 aliphatic heterocycles. The summed E-state index contributed by atoms with van der Waals surface area (Å²) in [6.45, 7) is 6.43. The monoisotopic (exact) mass is 419 g/mol. The number of benzene rings is 2. The number of aliphatic hydroxyl groups is 1. The standard InChI is InChI=1S/C20H25N3O5S/c1-15-14-21(17-6-8-18(9-7-17)23(25)26)12-13-22(15)29(27,28)19-10-4-16(5-11-19)20(2,3)24/h4-11,15,24H,12-14H2,1-3H3. The second-order valence-corrected chi connectivity index (χ2v) is 9.66. The summed E-state index contributed by atoms with van der Waals surface area (Å²) in [6, 6.07) is 12.3. The Labute approximate surface area is 170 Å². The van der Waals surface area contributed by atoms with Crippen LogP contribution in [-0.2, 0) is 15.6 Å². The van der Waals surface area contributed by atoms with Gasteiger partial charge in [-0.25, -0.2) is 8.42 Å². The lowest BCUT2D eigenvalue weighted by atomic mass is 9.99. The van der Waals surface area contributed by atoms with E-state index in [4.69, 9.17) is 0 Å². The van der Waals surface area contributed by atoms with Crippen molar-refractivity contribution < 1.29 is 18.4 Å². The molecule has 8 nitrogen and oxygen atoms in total. The van der Waals surface area contributed by atoms with Crippen LogP contribution in [-0.4, -0.2) is 48.4 Å². The van der Waals surface area contributed by atoms with Crippen molar-refractivity contribution in [3.63, 3.8) is 0 Å². The van der Waals surface area contributed by atoms with Gasteiger partial charge in [-0.1, -0.05) is 12.1 Å². The Morgan fingerprint density at radius 2 is 1.66 bits per heavy atom. The van der Waals surface area contributed by atoms with Crippen molar-refractivity contribution in [2.45, 2.75) is 37.3 Å². The topological polar surface area (TPSA) is 104 Å². The Kier molecular flexibility index (Phi) is 5.66. The molecule has 0 aliphatic carbocycles. The van der Waals surface area contributed by atoms with Gasteiger partial charge in [0.2, 0.25) is 10.0 Å². The highest BCUT2D eigenvalue weighted by molar-refractivity contribution is 7.89. The van der Waals surface area contributed by atoms with E-state index in [-0.39, 0.29) is 16.6 Å². The average molecular weight is 420 g/mol. The molecule has 1 atom stereocenters. The second kappa shape index (κ2) is 7.74. The number of nitro groups is 1. The molecular weight excluding hydrogens is 394 g/mol. The molecule has 0 aromatic heterocycles. The van der Waals surface area contributed by atoms with E-state index in [1.807, 2.05) is 11.8 Å². The molecule has 29 heavy (non-hydrogen) atoms. The molecule has 0 saturated carbocycles. The lowest BCUT2D eigenvalue weighted by Crippen LogP contribution is -2.54. The van der Waals surface area contributed by atoms with Crippen molar-refractivity contribution >= 4 is 21.4 Å². The van der Waals surface area contributed by atoms with Gasteiger partial charge in [0.15, 0.2) is 0 Å². The van der Waals surface area contributed by atoms with Crippen molar-refractivity contribution in [2.24, 2.45) is 0 Å². The van der Waals surface area contributed by atoms with E-state index in [1.54, 1.807) is 38.1 Å². The molecule has 1 heterocycles. The fraction of sp³-hybridized carbons (Fsp3) is 0.400. The second-order valence-electron chi connectivity index (χ2n) is 7.77. The van der Waals surface area contributed by atoms with Crippen molar-refractivity contribution in [3.8, 4) is 0 Å². The van der Waals surface area contributed by atoms with Crippen molar-refractivity contribution in [1.82, 2.24) is 4.31 Å². The Bertz CT molecular complexity index is 982. The maximum Gasteiger partial charge on any atom is 0.269 e. The zero-order chi connectivity index (χ0) is 21.4. The summed E-state index contributed by atoms with van der Waals surface area (Å²) >= 11 is 0. The first-order valence-electron chi connectivity index (χ1n) is 9.34. The van der Waals surface area contributed by atoms with Crippen LogP contribution < -0.4 is 4.90 Å². The fourth-order valence-corrected chi connectivity index (χ4v) is 5.10. The predicted molar refractivity (Wildman–Crippen MR) is 110 cm³/mol. The molecule has 3 rings (SSSR count). The van der Waals surface area contributed by atoms with Gasteiger partial charge in [-0.05, 0) is 50.6 Å². The molecule has 0 radical (unpaired) electrons. The van der Waals surface area contributed by atoms with E-state index in [9.17, 15) is 23.6 Å². The largest absolute Gasteiger partial charge is 0.386 e. The normalized spacial score (nSPS) is 18.6. The molecule has 1 saturated heterocycles. The van der Waals surface area contributed by atoms with Crippen molar-refractivity contribution in [3.05, 3.63) is 64.2 Å². The molecular formula is C20H25N3O5S. The smallest absolute Gasteiger partial charge is 0.269 e. The summed E-state index contributed by atoms with van der Waals surface area (Å²) in [4.78, 5) is 12.6. The number of anilines is 1. The number of non-ortho nitro benzene ring substituents is 1. The molecule has 1 N–H and O–H groups in total. The summed E-state index contributed by atoms with van der Waals surface area (Å²) < 4.78 is 27.7. The van der Waals surface area contributed by atoms with E-state index < -0.39 is 20.5 Å². The van der Waals surface area contributed by atoms with E-state index in [2.05, 4.69) is 0 Å². The molecule has 2 aromatic rings. The van der Waals surface area contributed by atoms with E-state index in [0.717, 1.165) is 5.69 Å². The van der Waals surface area contributed by atoms with Crippen molar-refractivity contribution in [2.75, 3.05) is 24.5 Å². The molecule has 0 amide bonds. The van der Waals surface area contributed by atoms with Gasteiger partial charge in [-0.2, -0.15) is 4.31 Å². The van der Waals surface area contributed by atoms with Gasteiger partial charge in [-0.15, -0.1) is 0 Å². The summed E-state index contributed by atoms with van der Waals surface area (Å²) in [5.74, 6) is 0. The number of hydrogen-bond donors (Lipinski definition) is 1. The lowest BCUT2D eigenvalue weighted by Gasteiger charge is -2.40. The number of nitro benzene ring substituents is 1. The maximum absolute atomic E-state index is 13.1. The first-order valence-corrected chi connectivity index (χ1v) is 10.8. The number of rotatable bonds is 5. The minimum atomic E-state index is -3.66. The van der Waals surface area contributed by atoms with Crippen LogP contribution in [0.25, 0.3) is 0 Å². The third kappa shape index (κ3) is 4.42. The highest BCUT2D eigenvalue weighted by Crippen LogP contribution is 2.27. The van der Waals surface area contributed by atoms with Gasteiger partial charge >= 0.3 is 0 Å². The Morgan fingerprint density at radius 1 is 1.07 bits per heavy atom. The van der Waals surface area contributed by atoms with Gasteiger partial charge in [0, 0.05) is 43.5 Å². The molecule has 0 bridgehead atoms. The van der Waals surface area contributed by atoms with Gasteiger partial charge in [-0.3, -0.25) is 10.1 Å². The SMILES string of the molecule is CC1CN(c2ccc([N+](=O)[O-])cc2)CCN1S(=O)(=O)c1ccc(C(C)(C)O)cc1. The minimum absolute atomic E-state index is 0.0255. The first-order chi connectivity index (χ1) is 13.5. The molecule has 9 heteroatoms. The van der Waals surface area contributed by atoms with Crippen molar-refractivity contribution in [1.29, 1.82) is 0 Å². The molecule has 1 unspecified atom stereocenters. The molecule has 0 spiro atoms. The van der Waals surface area contributed by atoms with Crippen LogP contribution in [0.1, 0.15) is 26.3 Å². The minimum Gasteiger partial charge on any atom is -0.386 e. The number of piperazine rings is 1. The fourth-order valence-electron chi connectivity index (χ4n) is 3.49. The lowest BCUT2D eigenvalue weighted by molar-refractivity contribution is -0.384. The third-order valence-electron chi connectivity index (χ3n) is 5.16. The van der Waals surface area contributed by atoms with Crippen LogP contribution in [0.15, 0.2) is 53.4 Å². The number of sulfonamides is 1. The summed E-state index contributed by atoms with van der Waals surface area (Å²) in [7, 11) is -3.66. The predicted octanol–water partition coefficient (Wildman–Crippen LogP) is 2.72. The summed E-state index contributed by atoms with van der Waals surface area (Å²) in [5, 5.41) is 20.9. The van der Waals surface area contributed by atoms with Gasteiger partial charge in [0.1, 0.15) is 0 Å². The Morgan fingerprint density at radius 3 is 2.14 bits per heavy atom. The molecule has 1 aliphatic rings. The zero-order valence-corrected chi connectivity index (χ0v) is 17.5. The van der Waals surface area contributed by atoms with Crippen LogP contribution >= 0.6 is 0 Å².